The van der Waals surface area contributed by atoms with Gasteiger partial charge >= 0.3 is 0 Å². The smallest absolute Gasteiger partial charge is 0.245 e. The molecule has 3 rings (SSSR count). The zero-order chi connectivity index (χ0) is 15.4. The van der Waals surface area contributed by atoms with Gasteiger partial charge in [-0.15, -0.1) is 0 Å². The van der Waals surface area contributed by atoms with Crippen LogP contribution in [0.25, 0.3) is 11.3 Å². The van der Waals surface area contributed by atoms with E-state index in [2.05, 4.69) is 35.5 Å². The first-order chi connectivity index (χ1) is 10.8. The third-order valence-corrected chi connectivity index (χ3v) is 2.87. The van der Waals surface area contributed by atoms with E-state index in [1.165, 1.54) is 6.07 Å². The molecule has 0 bridgehead atoms. The first kappa shape index (κ1) is 14.1. The van der Waals surface area contributed by atoms with Crippen LogP contribution in [0.3, 0.4) is 0 Å². The van der Waals surface area contributed by atoms with Gasteiger partial charge in [0.25, 0.3) is 0 Å². The fourth-order valence-electron chi connectivity index (χ4n) is 1.82. The van der Waals surface area contributed by atoms with Crippen LogP contribution >= 0.6 is 0 Å². The van der Waals surface area contributed by atoms with Crippen LogP contribution in [0, 0.1) is 5.82 Å². The Morgan fingerprint density at radius 3 is 2.55 bits per heavy atom. The maximum atomic E-state index is 13.8. The molecule has 22 heavy (non-hydrogen) atoms. The third-order valence-electron chi connectivity index (χ3n) is 2.87. The fraction of sp³-hybridized carbons (Fsp3) is 0.231. The van der Waals surface area contributed by atoms with E-state index in [0.717, 1.165) is 0 Å². The number of anilines is 3. The van der Waals surface area contributed by atoms with Crippen molar-refractivity contribution < 1.29 is 14.1 Å². The molecule has 0 fully saturated rings. The van der Waals surface area contributed by atoms with Crippen LogP contribution in [0.4, 0.5) is 21.7 Å². The highest BCUT2D eigenvalue weighted by molar-refractivity contribution is 5.76. The Kier molecular flexibility index (Phi) is 4.05. The fourth-order valence-corrected chi connectivity index (χ4v) is 1.82. The molecule has 0 spiro atoms. The molecule has 0 aliphatic carbocycles. The minimum absolute atomic E-state index is 0.0459. The first-order valence-corrected chi connectivity index (χ1v) is 6.64. The van der Waals surface area contributed by atoms with E-state index >= 15 is 0 Å². The predicted octanol–water partition coefficient (Wildman–Crippen LogP) is 1.69. The maximum Gasteiger partial charge on any atom is 0.245 e. The summed E-state index contributed by atoms with van der Waals surface area (Å²) in [5.41, 5.74) is 0.718. The molecule has 0 aliphatic heterocycles. The summed E-state index contributed by atoms with van der Waals surface area (Å²) >= 11 is 0. The van der Waals surface area contributed by atoms with E-state index in [9.17, 15) is 4.39 Å². The summed E-state index contributed by atoms with van der Waals surface area (Å²) < 4.78 is 18.3. The summed E-state index contributed by atoms with van der Waals surface area (Å²) in [5, 5.41) is 22.0. The van der Waals surface area contributed by atoms with Gasteiger partial charge in [0, 0.05) is 13.2 Å². The highest BCUT2D eigenvalue weighted by atomic mass is 19.1. The Hall–Kier alpha value is -2.81. The number of aromatic nitrogens is 4. The molecule has 114 valence electrons. The Morgan fingerprint density at radius 2 is 1.82 bits per heavy atom. The Labute approximate surface area is 124 Å². The Balaban J connectivity index is 1.94. The van der Waals surface area contributed by atoms with E-state index < -0.39 is 5.82 Å². The molecule has 0 saturated heterocycles. The number of hydrogen-bond acceptors (Lipinski definition) is 8. The standard InChI is InChI=1S/C13H13FN6O2/c14-8-4-1-2-5-9(8)16-11-10(15-6-3-7-21)17-12-13(18-11)20-22-19-12/h1-2,4-5,21H,3,6-7H2,(H,15,17,19)(H,16,18,20). The molecule has 9 heteroatoms. The van der Waals surface area contributed by atoms with Gasteiger partial charge < -0.3 is 15.7 Å². The van der Waals surface area contributed by atoms with Crippen LogP contribution in [0.5, 0.6) is 0 Å². The Bertz CT molecular complexity index is 778. The molecule has 0 saturated carbocycles. The van der Waals surface area contributed by atoms with E-state index in [4.69, 9.17) is 5.11 Å². The molecule has 3 aromatic rings. The molecular formula is C13H13FN6O2. The maximum absolute atomic E-state index is 13.8. The van der Waals surface area contributed by atoms with Gasteiger partial charge in [-0.1, -0.05) is 12.1 Å². The summed E-state index contributed by atoms with van der Waals surface area (Å²) in [6.45, 7) is 0.526. The van der Waals surface area contributed by atoms with Crippen LogP contribution in [-0.4, -0.2) is 38.5 Å². The van der Waals surface area contributed by atoms with E-state index in [1.807, 2.05) is 0 Å². The molecule has 0 atom stereocenters. The zero-order valence-electron chi connectivity index (χ0n) is 11.5. The highest BCUT2D eigenvalue weighted by Gasteiger charge is 2.13. The molecule has 0 unspecified atom stereocenters. The second-order valence-corrected chi connectivity index (χ2v) is 4.44. The van der Waals surface area contributed by atoms with Gasteiger partial charge in [-0.25, -0.2) is 19.0 Å². The van der Waals surface area contributed by atoms with Crippen LogP contribution in [-0.2, 0) is 0 Å². The van der Waals surface area contributed by atoms with Crippen LogP contribution < -0.4 is 10.6 Å². The van der Waals surface area contributed by atoms with Crippen LogP contribution in [0.2, 0.25) is 0 Å². The van der Waals surface area contributed by atoms with Crippen molar-refractivity contribution in [2.75, 3.05) is 23.8 Å². The number of aliphatic hydroxyl groups excluding tert-OH is 1. The number of nitrogens with one attached hydrogen (secondary N) is 2. The number of halogens is 1. The molecule has 8 nitrogen and oxygen atoms in total. The molecule has 1 aromatic carbocycles. The largest absolute Gasteiger partial charge is 0.396 e. The van der Waals surface area contributed by atoms with Crippen LogP contribution in [0.1, 0.15) is 6.42 Å². The number of fused-ring (bicyclic) bond motifs is 1. The lowest BCUT2D eigenvalue weighted by Gasteiger charge is -2.11. The summed E-state index contributed by atoms with van der Waals surface area (Å²) in [5.74, 6) is 0.259. The number of rotatable bonds is 6. The molecule has 0 radical (unpaired) electrons. The second kappa shape index (κ2) is 6.31. The van der Waals surface area contributed by atoms with Crippen molar-refractivity contribution in [3.05, 3.63) is 30.1 Å². The van der Waals surface area contributed by atoms with Gasteiger partial charge in [0.1, 0.15) is 5.82 Å². The predicted molar refractivity (Wildman–Crippen MR) is 77.3 cm³/mol. The molecule has 2 aromatic heterocycles. The van der Waals surface area contributed by atoms with Gasteiger partial charge in [0.15, 0.2) is 11.6 Å². The van der Waals surface area contributed by atoms with Gasteiger partial charge in [0.2, 0.25) is 11.3 Å². The van der Waals surface area contributed by atoms with Crippen molar-refractivity contribution >= 4 is 28.6 Å². The lowest BCUT2D eigenvalue weighted by molar-refractivity contribution is 0.292. The topological polar surface area (TPSA) is 109 Å². The minimum Gasteiger partial charge on any atom is -0.396 e. The summed E-state index contributed by atoms with van der Waals surface area (Å²) in [4.78, 5) is 8.44. The molecule has 0 aliphatic rings. The van der Waals surface area contributed by atoms with E-state index in [0.29, 0.717) is 24.6 Å². The Morgan fingerprint density at radius 1 is 1.09 bits per heavy atom. The average Bonchev–Trinajstić information content (AvgIpc) is 2.97. The first-order valence-electron chi connectivity index (χ1n) is 6.64. The van der Waals surface area contributed by atoms with Crippen molar-refractivity contribution in [3.8, 4) is 0 Å². The second-order valence-electron chi connectivity index (χ2n) is 4.44. The monoisotopic (exact) mass is 304 g/mol. The van der Waals surface area contributed by atoms with Gasteiger partial charge in [-0.05, 0) is 28.9 Å². The van der Waals surface area contributed by atoms with Crippen molar-refractivity contribution in [2.24, 2.45) is 0 Å². The lowest BCUT2D eigenvalue weighted by Crippen LogP contribution is -2.09. The number of hydrogen-bond donors (Lipinski definition) is 3. The number of benzene rings is 1. The minimum atomic E-state index is -0.413. The van der Waals surface area contributed by atoms with Gasteiger partial charge in [-0.3, -0.25) is 0 Å². The van der Waals surface area contributed by atoms with Gasteiger partial charge in [0.05, 0.1) is 5.69 Å². The van der Waals surface area contributed by atoms with E-state index in [-0.39, 0.29) is 23.6 Å². The molecule has 0 amide bonds. The van der Waals surface area contributed by atoms with Crippen molar-refractivity contribution in [1.29, 1.82) is 0 Å². The zero-order valence-corrected chi connectivity index (χ0v) is 11.5. The highest BCUT2D eigenvalue weighted by Crippen LogP contribution is 2.25. The molecule has 3 N–H and O–H groups in total. The average molecular weight is 304 g/mol. The van der Waals surface area contributed by atoms with Crippen molar-refractivity contribution in [3.63, 3.8) is 0 Å². The van der Waals surface area contributed by atoms with Crippen molar-refractivity contribution in [1.82, 2.24) is 20.3 Å². The molecule has 2 heterocycles. The lowest BCUT2D eigenvalue weighted by atomic mass is 10.3. The number of para-hydroxylation sites is 1. The third kappa shape index (κ3) is 2.93. The molecular weight excluding hydrogens is 291 g/mol. The SMILES string of the molecule is OCCCNc1nc2nonc2nc1Nc1ccccc1F. The number of nitrogens with zero attached hydrogens (tertiary/aromatic N) is 4. The van der Waals surface area contributed by atoms with Crippen LogP contribution in [0.15, 0.2) is 28.9 Å². The van der Waals surface area contributed by atoms with Gasteiger partial charge in [-0.2, -0.15) is 0 Å². The summed E-state index contributed by atoms with van der Waals surface area (Å²) in [7, 11) is 0. The normalized spacial score (nSPS) is 10.8. The van der Waals surface area contributed by atoms with Crippen molar-refractivity contribution in [2.45, 2.75) is 6.42 Å². The van der Waals surface area contributed by atoms with E-state index in [1.54, 1.807) is 18.2 Å². The summed E-state index contributed by atoms with van der Waals surface area (Å²) in [6, 6.07) is 6.22. The summed E-state index contributed by atoms with van der Waals surface area (Å²) in [6.07, 6.45) is 0.538. The number of aliphatic hydroxyl groups is 1. The quantitative estimate of drug-likeness (QED) is 0.590.